The smallest absolute Gasteiger partial charge is 0.600 e. The molecule has 0 amide bonds. The van der Waals surface area contributed by atoms with E-state index in [4.69, 9.17) is 0 Å². The van der Waals surface area contributed by atoms with Gasteiger partial charge < -0.3 is 17.0 Å². The van der Waals surface area contributed by atoms with Crippen LogP contribution in [0.15, 0.2) is 30.3 Å². The number of unbranched alkanes of at least 4 members (excludes halogenated alkanes) is 2. The Morgan fingerprint density at radius 3 is 2.42 bits per heavy atom. The van der Waals surface area contributed by atoms with Crippen LogP contribution in [0.1, 0.15) is 31.1 Å². The molecule has 1 atom stereocenters. The average molecular weight is 353 g/mol. The molecular weight excluding hydrogens is 337 g/mol. The van der Waals surface area contributed by atoms with Crippen molar-refractivity contribution in [2.45, 2.75) is 38.1 Å². The monoisotopic (exact) mass is 352 g/mol. The standard InChI is InChI=1S/C14H16F3S.BrH/c1-2-3-4-8-12-10-11-7-5-6-9-13(11)18(12)14(15,16)17;/h5-7,9-10H,2-4,8H2,1H3;1H/q+1;/p-1. The highest BCUT2D eigenvalue weighted by Crippen LogP contribution is 2.51. The Balaban J connectivity index is 0.00000180. The van der Waals surface area contributed by atoms with Crippen LogP contribution >= 0.6 is 10.5 Å². The molecule has 0 radical (unpaired) electrons. The Morgan fingerprint density at radius 1 is 1.11 bits per heavy atom. The number of halogens is 4. The lowest BCUT2D eigenvalue weighted by atomic mass is 10.1. The van der Waals surface area contributed by atoms with E-state index in [0.717, 1.165) is 24.6 Å². The zero-order valence-electron chi connectivity index (χ0n) is 10.6. The van der Waals surface area contributed by atoms with E-state index in [-0.39, 0.29) is 17.0 Å². The minimum Gasteiger partial charge on any atom is -1.00 e. The van der Waals surface area contributed by atoms with E-state index in [2.05, 4.69) is 6.92 Å². The molecule has 0 fully saturated rings. The van der Waals surface area contributed by atoms with Gasteiger partial charge in [0.1, 0.15) is 0 Å². The van der Waals surface area contributed by atoms with Gasteiger partial charge in [-0.1, -0.05) is 31.9 Å². The number of rotatable bonds is 4. The largest absolute Gasteiger partial charge is 1.00 e. The first kappa shape index (κ1) is 16.5. The topological polar surface area (TPSA) is 0 Å². The fraction of sp³-hybridized carbons (Fsp3) is 0.429. The highest BCUT2D eigenvalue weighted by molar-refractivity contribution is 7.38. The van der Waals surface area contributed by atoms with Crippen molar-refractivity contribution < 1.29 is 30.2 Å². The van der Waals surface area contributed by atoms with E-state index in [1.54, 1.807) is 30.3 Å². The third-order valence-corrected chi connectivity index (χ3v) is 5.10. The van der Waals surface area contributed by atoms with Crippen molar-refractivity contribution in [3.63, 3.8) is 0 Å². The fourth-order valence-corrected chi connectivity index (χ4v) is 4.16. The lowest BCUT2D eigenvalue weighted by Gasteiger charge is -2.00. The minimum absolute atomic E-state index is 0. The maximum atomic E-state index is 13.2. The predicted octanol–water partition coefficient (Wildman–Crippen LogP) is 2.80. The van der Waals surface area contributed by atoms with Gasteiger partial charge in [0, 0.05) is 17.9 Å². The van der Waals surface area contributed by atoms with Crippen molar-refractivity contribution in [1.82, 2.24) is 0 Å². The summed E-state index contributed by atoms with van der Waals surface area (Å²) in [5.74, 6) is 0. The number of hydrogen-bond donors (Lipinski definition) is 0. The first-order chi connectivity index (χ1) is 8.54. The molecule has 1 heterocycles. The van der Waals surface area contributed by atoms with Crippen molar-refractivity contribution >= 4 is 20.6 Å². The summed E-state index contributed by atoms with van der Waals surface area (Å²) in [5.41, 5.74) is -4.15. The van der Waals surface area contributed by atoms with Gasteiger partial charge in [0.2, 0.25) is 0 Å². The highest BCUT2D eigenvalue weighted by atomic mass is 79.9. The molecule has 5 heteroatoms. The van der Waals surface area contributed by atoms with E-state index in [9.17, 15) is 13.2 Å². The number of alkyl halides is 3. The molecule has 0 nitrogen and oxygen atoms in total. The maximum absolute atomic E-state index is 13.2. The van der Waals surface area contributed by atoms with E-state index in [1.165, 1.54) is 0 Å². The summed E-state index contributed by atoms with van der Waals surface area (Å²) in [6.45, 7) is 2.06. The second-order valence-electron chi connectivity index (χ2n) is 4.36. The lowest BCUT2D eigenvalue weighted by molar-refractivity contribution is -0.0867. The van der Waals surface area contributed by atoms with Crippen LogP contribution < -0.4 is 17.0 Å². The van der Waals surface area contributed by atoms with Gasteiger partial charge in [0.15, 0.2) is 9.58 Å². The van der Waals surface area contributed by atoms with Gasteiger partial charge in [0.25, 0.3) is 0 Å². The number of thiophene rings is 1. The third kappa shape index (κ3) is 3.72. The number of aryl methyl sites for hydroxylation is 1. The zero-order valence-corrected chi connectivity index (χ0v) is 13.0. The molecule has 1 unspecified atom stereocenters. The Labute approximate surface area is 124 Å². The summed E-state index contributed by atoms with van der Waals surface area (Å²) in [6, 6.07) is 8.60. The SMILES string of the molecule is CCCCCc1cc2ccccc2[s+]1C(F)(F)F.[Br-]. The van der Waals surface area contributed by atoms with E-state index < -0.39 is 16.0 Å². The van der Waals surface area contributed by atoms with Crippen LogP contribution in [0.2, 0.25) is 0 Å². The molecule has 0 N–H and O–H groups in total. The molecular formula is C14H16BrF3S. The number of fused-ring (bicyclic) bond motifs is 1. The average Bonchev–Trinajstić information content (AvgIpc) is 2.67. The number of hydrogen-bond acceptors (Lipinski definition) is 0. The maximum Gasteiger partial charge on any atom is 0.600 e. The third-order valence-electron chi connectivity index (χ3n) is 2.98. The lowest BCUT2D eigenvalue weighted by Crippen LogP contribution is -3.00. The first-order valence-electron chi connectivity index (χ1n) is 6.14. The molecule has 2 rings (SSSR count). The second-order valence-corrected chi connectivity index (χ2v) is 6.40. The van der Waals surface area contributed by atoms with Crippen LogP contribution in [0.5, 0.6) is 0 Å². The highest BCUT2D eigenvalue weighted by Gasteiger charge is 2.47. The molecule has 2 aromatic rings. The van der Waals surface area contributed by atoms with Crippen LogP contribution in [0.25, 0.3) is 10.1 Å². The summed E-state index contributed by atoms with van der Waals surface area (Å²) in [5, 5.41) is 0.740. The molecule has 0 aliphatic carbocycles. The molecule has 19 heavy (non-hydrogen) atoms. The normalized spacial score (nSPS) is 12.5. The summed E-state index contributed by atoms with van der Waals surface area (Å²) < 4.78 is 40.0. The van der Waals surface area contributed by atoms with Gasteiger partial charge in [-0.3, -0.25) is 0 Å². The summed E-state index contributed by atoms with van der Waals surface area (Å²) in [4.78, 5) is 0.553. The van der Waals surface area contributed by atoms with Crippen molar-refractivity contribution in [3.05, 3.63) is 35.2 Å². The summed E-state index contributed by atoms with van der Waals surface area (Å²) >= 11 is 0. The van der Waals surface area contributed by atoms with E-state index in [0.29, 0.717) is 16.0 Å². The van der Waals surface area contributed by atoms with Crippen LogP contribution in [0.3, 0.4) is 0 Å². The van der Waals surface area contributed by atoms with Crippen LogP contribution in [0.4, 0.5) is 13.2 Å². The Hall–Kier alpha value is -0.550. The molecule has 0 spiro atoms. The quantitative estimate of drug-likeness (QED) is 0.586. The van der Waals surface area contributed by atoms with Gasteiger partial charge in [-0.25, -0.2) is 0 Å². The van der Waals surface area contributed by atoms with Crippen LogP contribution in [-0.4, -0.2) is 0 Å². The molecule has 0 aliphatic rings. The van der Waals surface area contributed by atoms with Gasteiger partial charge in [0.05, 0.1) is 10.5 Å². The Bertz CT molecular complexity index is 531. The van der Waals surface area contributed by atoms with Gasteiger partial charge in [-0.05, 0) is 18.6 Å². The minimum atomic E-state index is -4.15. The Kier molecular flexibility index (Phi) is 5.86. The molecule has 0 bridgehead atoms. The molecule has 0 saturated carbocycles. The summed E-state index contributed by atoms with van der Waals surface area (Å²) in [6.07, 6.45) is 3.42. The first-order valence-corrected chi connectivity index (χ1v) is 7.37. The molecule has 1 aromatic heterocycles. The van der Waals surface area contributed by atoms with Gasteiger partial charge in [-0.2, -0.15) is 0 Å². The van der Waals surface area contributed by atoms with E-state index >= 15 is 0 Å². The van der Waals surface area contributed by atoms with Crippen LogP contribution in [-0.2, 0) is 11.9 Å². The Morgan fingerprint density at radius 2 is 1.79 bits per heavy atom. The number of benzene rings is 1. The fourth-order valence-electron chi connectivity index (χ4n) is 2.16. The van der Waals surface area contributed by atoms with Gasteiger partial charge >= 0.3 is 5.51 Å². The molecule has 0 saturated heterocycles. The molecule has 1 aromatic carbocycles. The molecule has 106 valence electrons. The van der Waals surface area contributed by atoms with Gasteiger partial charge in [-0.15, -0.1) is 13.2 Å². The second kappa shape index (κ2) is 6.75. The zero-order chi connectivity index (χ0) is 13.2. The molecule has 0 aliphatic heterocycles. The van der Waals surface area contributed by atoms with Crippen molar-refractivity contribution in [2.24, 2.45) is 0 Å². The van der Waals surface area contributed by atoms with E-state index in [1.807, 2.05) is 0 Å². The van der Waals surface area contributed by atoms with Crippen molar-refractivity contribution in [1.29, 1.82) is 0 Å². The van der Waals surface area contributed by atoms with Crippen molar-refractivity contribution in [2.75, 3.05) is 0 Å². The van der Waals surface area contributed by atoms with Crippen LogP contribution in [0, 0.1) is 0 Å². The predicted molar refractivity (Wildman–Crippen MR) is 71.0 cm³/mol. The van der Waals surface area contributed by atoms with Crippen molar-refractivity contribution in [3.8, 4) is 0 Å². The summed E-state index contributed by atoms with van der Waals surface area (Å²) in [7, 11) is -1.70.